The molecule has 3 aliphatic rings. The number of nitrogens with zero attached hydrogens (tertiary/aromatic N) is 4. The molecule has 0 aliphatic carbocycles. The van der Waals surface area contributed by atoms with Crippen molar-refractivity contribution in [3.63, 3.8) is 0 Å². The van der Waals surface area contributed by atoms with Crippen LogP contribution in [0.2, 0.25) is 0 Å². The van der Waals surface area contributed by atoms with Crippen molar-refractivity contribution in [2.24, 2.45) is 26.1 Å². The molecular weight excluding hydrogens is 791 g/mol. The highest BCUT2D eigenvalue weighted by Crippen LogP contribution is 2.61. The van der Waals surface area contributed by atoms with Gasteiger partial charge in [0, 0.05) is 30.7 Å². The highest BCUT2D eigenvalue weighted by atomic mass is 32.1. The number of unbranched alkanes of at least 4 members (excludes halogenated alkanes) is 2. The third-order valence-electron chi connectivity index (χ3n) is 8.06. The number of fused-ring (bicyclic) bond motifs is 1. The lowest BCUT2D eigenvalue weighted by Gasteiger charge is -2.32. The summed E-state index contributed by atoms with van der Waals surface area (Å²) in [5.74, 6) is -0.739. The number of amides is 2. The van der Waals surface area contributed by atoms with E-state index in [1.165, 1.54) is 25.1 Å². The second-order valence-electron chi connectivity index (χ2n) is 12.9. The molecule has 0 spiro atoms. The van der Waals surface area contributed by atoms with Gasteiger partial charge in [-0.3, -0.25) is 28.2 Å². The summed E-state index contributed by atoms with van der Waals surface area (Å²) in [7, 11) is -16.3. The number of thiol groups is 1. The predicted octanol–water partition coefficient (Wildman–Crippen LogP) is -0.870. The summed E-state index contributed by atoms with van der Waals surface area (Å²) in [6.07, 6.45) is -4.65. The number of hydrogen-bond acceptors (Lipinski definition) is 18. The number of aliphatic hydroxyl groups excluding tert-OH is 2. The molecule has 0 aromatic rings. The van der Waals surface area contributed by atoms with E-state index in [1.54, 1.807) is 0 Å². The van der Waals surface area contributed by atoms with Gasteiger partial charge in [-0.25, -0.2) is 23.7 Å². The third-order valence-corrected chi connectivity index (χ3v) is 11.4. The molecule has 304 valence electrons. The van der Waals surface area contributed by atoms with Gasteiger partial charge < -0.3 is 55.8 Å². The number of aliphatic hydroxyl groups is 2. The number of carbonyl (C=O) groups is 2. The first-order valence-electron chi connectivity index (χ1n) is 16.3. The van der Waals surface area contributed by atoms with Crippen LogP contribution in [0.4, 0.5) is 0 Å². The zero-order valence-corrected chi connectivity index (χ0v) is 32.7. The van der Waals surface area contributed by atoms with Crippen molar-refractivity contribution in [3.05, 3.63) is 0 Å². The Morgan fingerprint density at radius 2 is 1.83 bits per heavy atom. The lowest BCUT2D eigenvalue weighted by Crippen LogP contribution is -2.55. The number of phosphoric acid groups is 3. The molecule has 3 rings (SSSR count). The molecule has 53 heavy (non-hydrogen) atoms. The second kappa shape index (κ2) is 19.0. The smallest absolute Gasteiger partial charge is 0.386 e. The number of phosphoric ester groups is 3. The molecule has 23 nitrogen and oxygen atoms in total. The van der Waals surface area contributed by atoms with E-state index in [4.69, 9.17) is 24.0 Å². The minimum atomic E-state index is -5.55. The summed E-state index contributed by atoms with van der Waals surface area (Å²) in [6.45, 7) is 2.61. The van der Waals surface area contributed by atoms with Crippen LogP contribution in [0.25, 0.3) is 0 Å². The van der Waals surface area contributed by atoms with Crippen LogP contribution in [0.15, 0.2) is 15.0 Å². The lowest BCUT2D eigenvalue weighted by atomic mass is 9.87. The summed E-state index contributed by atoms with van der Waals surface area (Å²) in [6, 6.07) is 0. The van der Waals surface area contributed by atoms with Gasteiger partial charge in [-0.15, -0.1) is 0 Å². The van der Waals surface area contributed by atoms with Crippen LogP contribution >= 0.6 is 36.1 Å². The molecule has 3 aliphatic heterocycles. The average Bonchev–Trinajstić information content (AvgIpc) is 3.62. The molecule has 2 amide bonds. The Balaban J connectivity index is 1.61. The molecule has 10 N–H and O–H groups in total. The maximum atomic E-state index is 12.7. The standard InChI is InChI=1S/C26H48N7O16P3S/c1-4-5-6-8-26(27)20-22(30-14-32-26)33(15-31-20)24-18(35)19(48-50(38,39)40)16(47-24)12-45-51(41,42)49-52(43,44)46-13-25(2,3)21(36)23(37)29-9-7-17(34)28-10-11-53/h14,16,18-19,21,24,35-36,53H,4-13,15,27H2,1-3H3,(H,28,34)(H,29,37)(H,41,42)(H,43,44)(H2,38,39,40)/t16-,18-,19-,21+,24-,26?/m1/s1. The quantitative estimate of drug-likeness (QED) is 0.0360. The van der Waals surface area contributed by atoms with Gasteiger partial charge in [0.2, 0.25) is 11.8 Å². The van der Waals surface area contributed by atoms with E-state index in [9.17, 15) is 53.1 Å². The van der Waals surface area contributed by atoms with Crippen molar-refractivity contribution >= 4 is 65.8 Å². The molecule has 1 saturated heterocycles. The summed E-state index contributed by atoms with van der Waals surface area (Å²) in [4.78, 5) is 77.7. The molecule has 0 aromatic carbocycles. The van der Waals surface area contributed by atoms with Gasteiger partial charge in [-0.2, -0.15) is 16.9 Å². The first kappa shape index (κ1) is 45.7. The molecule has 3 heterocycles. The minimum Gasteiger partial charge on any atom is -0.386 e. The first-order valence-corrected chi connectivity index (χ1v) is 21.5. The Kier molecular flexibility index (Phi) is 16.4. The number of rotatable bonds is 22. The van der Waals surface area contributed by atoms with Gasteiger partial charge in [-0.1, -0.05) is 33.6 Å². The Labute approximate surface area is 310 Å². The number of hydrogen-bond donors (Lipinski definition) is 10. The van der Waals surface area contributed by atoms with Crippen molar-refractivity contribution in [2.75, 3.05) is 38.7 Å². The number of carbonyl (C=O) groups excluding carboxylic acids is 2. The van der Waals surface area contributed by atoms with E-state index in [-0.39, 0.29) is 37.1 Å². The number of ether oxygens (including phenoxy) is 1. The van der Waals surface area contributed by atoms with Gasteiger partial charge in [-0.05, 0) is 12.8 Å². The molecule has 8 atom stereocenters. The average molecular weight is 840 g/mol. The third kappa shape index (κ3) is 13.2. The molecule has 0 radical (unpaired) electrons. The van der Waals surface area contributed by atoms with Gasteiger partial charge in [0.05, 0.1) is 13.2 Å². The molecule has 0 bridgehead atoms. The molecule has 0 saturated carbocycles. The Morgan fingerprint density at radius 1 is 1.15 bits per heavy atom. The van der Waals surface area contributed by atoms with Crippen molar-refractivity contribution < 1.29 is 75.7 Å². The van der Waals surface area contributed by atoms with Crippen molar-refractivity contribution in [2.45, 2.75) is 89.2 Å². The summed E-state index contributed by atoms with van der Waals surface area (Å²) in [5, 5.41) is 26.4. The van der Waals surface area contributed by atoms with E-state index in [0.29, 0.717) is 18.7 Å². The fraction of sp³-hybridized carbons (Fsp3) is 0.808. The van der Waals surface area contributed by atoms with Crippen LogP contribution < -0.4 is 16.4 Å². The molecule has 0 aromatic heterocycles. The van der Waals surface area contributed by atoms with Gasteiger partial charge in [0.25, 0.3) is 0 Å². The van der Waals surface area contributed by atoms with Crippen LogP contribution in [-0.4, -0.2) is 139 Å². The second-order valence-corrected chi connectivity index (χ2v) is 17.6. The largest absolute Gasteiger partial charge is 0.481 e. The highest BCUT2D eigenvalue weighted by molar-refractivity contribution is 7.80. The Bertz CT molecular complexity index is 1550. The summed E-state index contributed by atoms with van der Waals surface area (Å²) >= 11 is 3.96. The SMILES string of the molecule is CCCCCC1(N)N=CN=C2C1=NCN2[C@@H]1O[C@H](COP(=O)(O)OP(=O)(O)OCC(C)(C)[C@@H](O)C(=O)NCCC(=O)NCCS)[C@@H](OP(=O)(O)O)[C@H]1O. The number of amidine groups is 1. The Morgan fingerprint density at radius 3 is 2.47 bits per heavy atom. The van der Waals surface area contributed by atoms with Crippen LogP contribution in [0.3, 0.4) is 0 Å². The van der Waals surface area contributed by atoms with Crippen molar-refractivity contribution in [1.29, 1.82) is 0 Å². The van der Waals surface area contributed by atoms with Gasteiger partial charge >= 0.3 is 23.5 Å². The summed E-state index contributed by atoms with van der Waals surface area (Å²) < 4.78 is 61.5. The maximum Gasteiger partial charge on any atom is 0.481 e. The lowest BCUT2D eigenvalue weighted by molar-refractivity contribution is -0.137. The van der Waals surface area contributed by atoms with E-state index < -0.39 is 84.3 Å². The zero-order valence-electron chi connectivity index (χ0n) is 29.2. The molecule has 3 unspecified atom stereocenters. The van der Waals surface area contributed by atoms with E-state index >= 15 is 0 Å². The van der Waals surface area contributed by atoms with Crippen molar-refractivity contribution in [3.8, 4) is 0 Å². The fourth-order valence-electron chi connectivity index (χ4n) is 5.27. The first-order chi connectivity index (χ1) is 24.5. The highest BCUT2D eigenvalue weighted by Gasteiger charge is 2.54. The molecule has 1 fully saturated rings. The predicted molar refractivity (Wildman–Crippen MR) is 190 cm³/mol. The van der Waals surface area contributed by atoms with Crippen LogP contribution in [0.5, 0.6) is 0 Å². The summed E-state index contributed by atoms with van der Waals surface area (Å²) in [5.41, 5.74) is 3.99. The zero-order chi connectivity index (χ0) is 39.8. The molecular formula is C26H48N7O16P3S. The van der Waals surface area contributed by atoms with Crippen LogP contribution in [-0.2, 0) is 45.9 Å². The monoisotopic (exact) mass is 839 g/mol. The minimum absolute atomic E-state index is 0.0986. The Hall–Kier alpha value is -1.69. The van der Waals surface area contributed by atoms with Crippen molar-refractivity contribution in [1.82, 2.24) is 15.5 Å². The number of nitrogens with two attached hydrogens (primary N) is 1. The van der Waals surface area contributed by atoms with E-state index in [0.717, 1.165) is 19.3 Å². The van der Waals surface area contributed by atoms with E-state index in [2.05, 4.69) is 42.6 Å². The van der Waals surface area contributed by atoms with E-state index in [1.807, 2.05) is 6.92 Å². The van der Waals surface area contributed by atoms with Gasteiger partial charge in [0.1, 0.15) is 43.1 Å². The number of nitrogens with one attached hydrogen (secondary N) is 2. The maximum absolute atomic E-state index is 12.7. The normalized spacial score (nSPS) is 27.3. The number of aliphatic imine (C=N–C) groups is 3. The van der Waals surface area contributed by atoms with Crippen LogP contribution in [0, 0.1) is 5.41 Å². The van der Waals surface area contributed by atoms with Crippen LogP contribution in [0.1, 0.15) is 52.9 Å². The van der Waals surface area contributed by atoms with Gasteiger partial charge in [0.15, 0.2) is 17.7 Å². The molecule has 27 heteroatoms. The topological polar surface area (TPSA) is 343 Å². The fourth-order valence-corrected chi connectivity index (χ4v) is 8.21.